The lowest BCUT2D eigenvalue weighted by Crippen LogP contribution is -2.13. The molecule has 0 bridgehead atoms. The Bertz CT molecular complexity index is 570. The van der Waals surface area contributed by atoms with Gasteiger partial charge in [-0.2, -0.15) is 0 Å². The maximum Gasteiger partial charge on any atom is 0.258 e. The van der Waals surface area contributed by atoms with Crippen molar-refractivity contribution in [2.75, 3.05) is 11.1 Å². The van der Waals surface area contributed by atoms with E-state index in [9.17, 15) is 4.79 Å². The molecule has 0 saturated heterocycles. The van der Waals surface area contributed by atoms with Gasteiger partial charge in [0.2, 0.25) is 0 Å². The van der Waals surface area contributed by atoms with Crippen LogP contribution in [0.3, 0.4) is 0 Å². The van der Waals surface area contributed by atoms with Crippen molar-refractivity contribution in [1.29, 1.82) is 0 Å². The van der Waals surface area contributed by atoms with Gasteiger partial charge in [-0.1, -0.05) is 0 Å². The zero-order valence-corrected chi connectivity index (χ0v) is 12.4. The van der Waals surface area contributed by atoms with Gasteiger partial charge in [-0.05, 0) is 50.1 Å². The van der Waals surface area contributed by atoms with E-state index in [1.54, 1.807) is 24.4 Å². The molecule has 0 radical (unpaired) electrons. The molecule has 3 N–H and O–H groups in total. The minimum Gasteiger partial charge on any atom is -0.396 e. The number of aromatic nitrogens is 1. The molecule has 0 aliphatic rings. The fourth-order valence-corrected chi connectivity index (χ4v) is 3.99. The standard InChI is InChI=1S/C10H7Br2N3OS/c11-7-4-5(8(12)17-7)10(16)15-9-6(13)2-1-3-14-9/h1-4H,13H2,(H,14,15,16). The Hall–Kier alpha value is -0.920. The first-order valence-electron chi connectivity index (χ1n) is 4.54. The quantitative estimate of drug-likeness (QED) is 0.842. The fraction of sp³-hybridized carbons (Fsp3) is 0. The maximum absolute atomic E-state index is 11.9. The van der Waals surface area contributed by atoms with Gasteiger partial charge in [0.1, 0.15) is 0 Å². The van der Waals surface area contributed by atoms with Crippen LogP contribution in [0.1, 0.15) is 10.4 Å². The topological polar surface area (TPSA) is 68.0 Å². The Morgan fingerprint density at radius 3 is 2.82 bits per heavy atom. The minimum atomic E-state index is -0.246. The summed E-state index contributed by atoms with van der Waals surface area (Å²) in [6.07, 6.45) is 1.57. The highest BCUT2D eigenvalue weighted by Gasteiger charge is 2.15. The molecule has 1 amide bonds. The molecule has 88 valence electrons. The number of halogens is 2. The number of nitrogens with one attached hydrogen (secondary N) is 1. The third-order valence-electron chi connectivity index (χ3n) is 1.97. The number of amides is 1. The number of nitrogens with two attached hydrogens (primary N) is 1. The second-order valence-electron chi connectivity index (χ2n) is 3.13. The van der Waals surface area contributed by atoms with Gasteiger partial charge in [-0.15, -0.1) is 11.3 Å². The predicted molar refractivity (Wildman–Crippen MR) is 76.3 cm³/mol. The van der Waals surface area contributed by atoms with Crippen LogP contribution < -0.4 is 11.1 Å². The Kier molecular flexibility index (Phi) is 3.80. The van der Waals surface area contributed by atoms with Crippen LogP contribution in [0, 0.1) is 0 Å². The maximum atomic E-state index is 11.9. The molecule has 7 heteroatoms. The van der Waals surface area contributed by atoms with Crippen LogP contribution >= 0.6 is 43.2 Å². The van der Waals surface area contributed by atoms with E-state index in [0.29, 0.717) is 17.1 Å². The Balaban J connectivity index is 2.23. The first-order chi connectivity index (χ1) is 8.08. The van der Waals surface area contributed by atoms with Gasteiger partial charge < -0.3 is 11.1 Å². The highest BCUT2D eigenvalue weighted by molar-refractivity contribution is 9.12. The molecule has 0 aliphatic heterocycles. The summed E-state index contributed by atoms with van der Waals surface area (Å²) in [7, 11) is 0. The van der Waals surface area contributed by atoms with E-state index in [0.717, 1.165) is 7.57 Å². The SMILES string of the molecule is Nc1cccnc1NC(=O)c1cc(Br)sc1Br. The minimum absolute atomic E-state index is 0.246. The average molecular weight is 377 g/mol. The summed E-state index contributed by atoms with van der Waals surface area (Å²) in [4.78, 5) is 15.9. The van der Waals surface area contributed by atoms with Crippen LogP contribution in [0.25, 0.3) is 0 Å². The van der Waals surface area contributed by atoms with Crippen molar-refractivity contribution in [3.05, 3.63) is 37.5 Å². The van der Waals surface area contributed by atoms with Crippen molar-refractivity contribution < 1.29 is 4.79 Å². The number of hydrogen-bond donors (Lipinski definition) is 2. The molecule has 0 fully saturated rings. The Morgan fingerprint density at radius 2 is 2.24 bits per heavy atom. The summed E-state index contributed by atoms with van der Waals surface area (Å²) in [5.74, 6) is 0.121. The Morgan fingerprint density at radius 1 is 1.47 bits per heavy atom. The van der Waals surface area contributed by atoms with Gasteiger partial charge in [0.15, 0.2) is 5.82 Å². The molecule has 0 atom stereocenters. The van der Waals surface area contributed by atoms with Crippen molar-refractivity contribution in [2.24, 2.45) is 0 Å². The summed E-state index contributed by atoms with van der Waals surface area (Å²) in [6.45, 7) is 0. The van der Waals surface area contributed by atoms with E-state index in [2.05, 4.69) is 42.2 Å². The van der Waals surface area contributed by atoms with Crippen molar-refractivity contribution in [3.8, 4) is 0 Å². The van der Waals surface area contributed by atoms with Crippen molar-refractivity contribution in [2.45, 2.75) is 0 Å². The van der Waals surface area contributed by atoms with Crippen LogP contribution in [0.4, 0.5) is 11.5 Å². The van der Waals surface area contributed by atoms with Gasteiger partial charge in [0, 0.05) is 6.20 Å². The molecule has 2 aromatic rings. The second-order valence-corrected chi connectivity index (χ2v) is 6.88. The molecular formula is C10H7Br2N3OS. The number of nitrogens with zero attached hydrogens (tertiary/aromatic N) is 1. The summed E-state index contributed by atoms with van der Waals surface area (Å²) >= 11 is 8.08. The van der Waals surface area contributed by atoms with Crippen LogP contribution in [0.5, 0.6) is 0 Å². The molecule has 0 unspecified atom stereocenters. The lowest BCUT2D eigenvalue weighted by atomic mass is 10.3. The monoisotopic (exact) mass is 375 g/mol. The van der Waals surface area contributed by atoms with Gasteiger partial charge in [0.25, 0.3) is 5.91 Å². The largest absolute Gasteiger partial charge is 0.396 e. The van der Waals surface area contributed by atoms with Gasteiger partial charge in [0.05, 0.1) is 18.8 Å². The summed E-state index contributed by atoms with van der Waals surface area (Å²) in [6, 6.07) is 5.13. The number of carbonyl (C=O) groups excluding carboxylic acids is 1. The van der Waals surface area contributed by atoms with Crippen molar-refractivity contribution in [3.63, 3.8) is 0 Å². The van der Waals surface area contributed by atoms with Gasteiger partial charge in [-0.3, -0.25) is 4.79 Å². The van der Waals surface area contributed by atoms with Crippen LogP contribution in [-0.4, -0.2) is 10.9 Å². The normalized spacial score (nSPS) is 10.2. The van der Waals surface area contributed by atoms with E-state index < -0.39 is 0 Å². The molecule has 0 aliphatic carbocycles. The average Bonchev–Trinajstić information content (AvgIpc) is 2.61. The number of carbonyl (C=O) groups is 1. The second kappa shape index (κ2) is 5.16. The highest BCUT2D eigenvalue weighted by Crippen LogP contribution is 2.32. The fourth-order valence-electron chi connectivity index (χ4n) is 1.19. The molecule has 4 nitrogen and oxygen atoms in total. The molecule has 17 heavy (non-hydrogen) atoms. The summed E-state index contributed by atoms with van der Waals surface area (Å²) < 4.78 is 1.64. The molecule has 2 rings (SSSR count). The smallest absolute Gasteiger partial charge is 0.258 e. The molecule has 0 saturated carbocycles. The number of pyridine rings is 1. The summed E-state index contributed by atoms with van der Waals surface area (Å²) in [5, 5.41) is 2.66. The van der Waals surface area contributed by atoms with Gasteiger partial charge >= 0.3 is 0 Å². The molecule has 2 heterocycles. The van der Waals surface area contributed by atoms with Crippen LogP contribution in [0.2, 0.25) is 0 Å². The van der Waals surface area contributed by atoms with Gasteiger partial charge in [-0.25, -0.2) is 4.98 Å². The van der Waals surface area contributed by atoms with E-state index in [1.165, 1.54) is 11.3 Å². The third-order valence-corrected chi connectivity index (χ3v) is 4.31. The zero-order valence-electron chi connectivity index (χ0n) is 8.41. The lowest BCUT2D eigenvalue weighted by Gasteiger charge is -2.05. The molecule has 0 aromatic carbocycles. The number of anilines is 2. The van der Waals surface area contributed by atoms with E-state index >= 15 is 0 Å². The number of thiophene rings is 1. The number of rotatable bonds is 2. The number of nitrogen functional groups attached to an aromatic ring is 1. The Labute approximate surface area is 118 Å². The van der Waals surface area contributed by atoms with E-state index in [4.69, 9.17) is 5.73 Å². The first kappa shape index (κ1) is 12.5. The van der Waals surface area contributed by atoms with Crippen molar-refractivity contribution in [1.82, 2.24) is 4.98 Å². The van der Waals surface area contributed by atoms with Crippen LogP contribution in [-0.2, 0) is 0 Å². The molecule has 2 aromatic heterocycles. The van der Waals surface area contributed by atoms with E-state index in [1.807, 2.05) is 0 Å². The zero-order chi connectivity index (χ0) is 12.4. The predicted octanol–water partition coefficient (Wildman–Crippen LogP) is 3.50. The molecular weight excluding hydrogens is 370 g/mol. The first-order valence-corrected chi connectivity index (χ1v) is 6.95. The summed E-state index contributed by atoms with van der Waals surface area (Å²) in [5.41, 5.74) is 6.68. The lowest BCUT2D eigenvalue weighted by molar-refractivity contribution is 0.102. The van der Waals surface area contributed by atoms with E-state index in [-0.39, 0.29) is 5.91 Å². The third kappa shape index (κ3) is 2.85. The van der Waals surface area contributed by atoms with Crippen LogP contribution in [0.15, 0.2) is 32.0 Å². The highest BCUT2D eigenvalue weighted by atomic mass is 79.9. The molecule has 0 spiro atoms. The van der Waals surface area contributed by atoms with Crippen molar-refractivity contribution >= 4 is 60.6 Å². The number of hydrogen-bond acceptors (Lipinski definition) is 4.